The van der Waals surface area contributed by atoms with E-state index in [9.17, 15) is 14.0 Å². The molecule has 3 aromatic rings. The molecule has 2 amide bonds. The van der Waals surface area contributed by atoms with Crippen molar-refractivity contribution in [2.45, 2.75) is 18.4 Å². The first kappa shape index (κ1) is 20.7. The van der Waals surface area contributed by atoms with Gasteiger partial charge in [0.25, 0.3) is 0 Å². The van der Waals surface area contributed by atoms with Crippen molar-refractivity contribution in [3.05, 3.63) is 41.8 Å². The molecule has 1 aromatic carbocycles. The van der Waals surface area contributed by atoms with Gasteiger partial charge in [-0.2, -0.15) is 0 Å². The van der Waals surface area contributed by atoms with Crippen molar-refractivity contribution in [3.63, 3.8) is 0 Å². The normalized spacial score (nSPS) is 14.3. The van der Waals surface area contributed by atoms with E-state index in [0.717, 1.165) is 26.4 Å². The first-order valence-corrected chi connectivity index (χ1v) is 11.5. The highest BCUT2D eigenvalue weighted by Gasteiger charge is 2.22. The lowest BCUT2D eigenvalue weighted by atomic mass is 10.1. The molecule has 0 spiro atoms. The summed E-state index contributed by atoms with van der Waals surface area (Å²) in [7, 11) is 0. The highest BCUT2D eigenvalue weighted by molar-refractivity contribution is 7.99. The largest absolute Gasteiger partial charge is 0.339 e. The van der Waals surface area contributed by atoms with E-state index in [1.807, 2.05) is 10.3 Å². The number of fused-ring (bicyclic) bond motifs is 1. The molecule has 4 rings (SSSR count). The zero-order chi connectivity index (χ0) is 21.1. The van der Waals surface area contributed by atoms with Crippen molar-refractivity contribution in [1.29, 1.82) is 0 Å². The van der Waals surface area contributed by atoms with Crippen LogP contribution in [0.3, 0.4) is 0 Å². The summed E-state index contributed by atoms with van der Waals surface area (Å²) >= 11 is 3.06. The van der Waals surface area contributed by atoms with Crippen LogP contribution in [-0.4, -0.2) is 63.5 Å². The van der Waals surface area contributed by atoms with E-state index in [-0.39, 0.29) is 17.6 Å². The number of aromatic nitrogens is 2. The molecule has 0 radical (unpaired) electrons. The molecule has 1 fully saturated rings. The average Bonchev–Trinajstić information content (AvgIpc) is 3.19. The van der Waals surface area contributed by atoms with E-state index >= 15 is 0 Å². The second-order valence-electron chi connectivity index (χ2n) is 7.00. The zero-order valence-corrected chi connectivity index (χ0v) is 18.1. The van der Waals surface area contributed by atoms with Crippen LogP contribution in [0.25, 0.3) is 21.3 Å². The zero-order valence-electron chi connectivity index (χ0n) is 16.5. The third-order valence-corrected chi connectivity index (χ3v) is 7.00. The van der Waals surface area contributed by atoms with Gasteiger partial charge in [-0.25, -0.2) is 14.4 Å². The van der Waals surface area contributed by atoms with Gasteiger partial charge >= 0.3 is 0 Å². The fourth-order valence-electron chi connectivity index (χ4n) is 3.46. The monoisotopic (exact) mass is 444 g/mol. The Hall–Kier alpha value is -2.52. The summed E-state index contributed by atoms with van der Waals surface area (Å²) in [5, 5.41) is 3.78. The molecule has 1 saturated heterocycles. The Labute approximate surface area is 182 Å². The van der Waals surface area contributed by atoms with Crippen LogP contribution in [0.1, 0.15) is 13.3 Å². The summed E-state index contributed by atoms with van der Waals surface area (Å²) in [4.78, 5) is 37.2. The van der Waals surface area contributed by atoms with Crippen LogP contribution in [0.5, 0.6) is 0 Å². The SMILES string of the molecule is CC(=O)N1CCN(C(=O)CCSc2ncnc3scc(-c4ccc(F)cc4)c23)CC1. The van der Waals surface area contributed by atoms with Gasteiger partial charge < -0.3 is 9.80 Å². The van der Waals surface area contributed by atoms with Crippen LogP contribution in [0.4, 0.5) is 4.39 Å². The van der Waals surface area contributed by atoms with E-state index in [2.05, 4.69) is 9.97 Å². The smallest absolute Gasteiger partial charge is 0.223 e. The second kappa shape index (κ2) is 9.09. The van der Waals surface area contributed by atoms with Crippen LogP contribution in [0.15, 0.2) is 41.0 Å². The number of halogens is 1. The fraction of sp³-hybridized carbons (Fsp3) is 0.333. The molecular formula is C21H21FN4O2S2. The first-order chi connectivity index (χ1) is 14.5. The topological polar surface area (TPSA) is 66.4 Å². The van der Waals surface area contributed by atoms with E-state index in [4.69, 9.17) is 0 Å². The molecule has 0 atom stereocenters. The van der Waals surface area contributed by atoms with Gasteiger partial charge in [-0.05, 0) is 17.7 Å². The van der Waals surface area contributed by atoms with Gasteiger partial charge in [0, 0.05) is 56.2 Å². The molecule has 156 valence electrons. The number of thioether (sulfide) groups is 1. The Kier molecular flexibility index (Phi) is 6.29. The van der Waals surface area contributed by atoms with Crippen LogP contribution < -0.4 is 0 Å². The van der Waals surface area contributed by atoms with Gasteiger partial charge in [-0.15, -0.1) is 23.1 Å². The lowest BCUT2D eigenvalue weighted by Crippen LogP contribution is -2.50. The Morgan fingerprint density at radius 3 is 2.50 bits per heavy atom. The minimum absolute atomic E-state index is 0.0538. The maximum Gasteiger partial charge on any atom is 0.223 e. The van der Waals surface area contributed by atoms with Crippen molar-refractivity contribution in [2.24, 2.45) is 0 Å². The lowest BCUT2D eigenvalue weighted by molar-refractivity contribution is -0.138. The molecule has 6 nitrogen and oxygen atoms in total. The molecule has 1 aliphatic heterocycles. The van der Waals surface area contributed by atoms with Gasteiger partial charge in [0.05, 0.1) is 5.39 Å². The molecule has 0 saturated carbocycles. The number of carbonyl (C=O) groups is 2. The lowest BCUT2D eigenvalue weighted by Gasteiger charge is -2.34. The standard InChI is InChI=1S/C21H21FN4O2S2/c1-14(27)25-7-9-26(10-8-25)18(28)6-11-29-20-19-17(12-30-21(19)24-13-23-20)15-2-4-16(22)5-3-15/h2-5,12-13H,6-11H2,1H3. The fourth-order valence-corrected chi connectivity index (χ4v) is 5.39. The molecule has 3 heterocycles. The molecule has 30 heavy (non-hydrogen) atoms. The number of amides is 2. The van der Waals surface area contributed by atoms with Crippen molar-refractivity contribution in [2.75, 3.05) is 31.9 Å². The van der Waals surface area contributed by atoms with E-state index < -0.39 is 0 Å². The number of benzene rings is 1. The van der Waals surface area contributed by atoms with Crippen LogP contribution in [0, 0.1) is 5.82 Å². The highest BCUT2D eigenvalue weighted by atomic mass is 32.2. The van der Waals surface area contributed by atoms with Crippen molar-refractivity contribution in [1.82, 2.24) is 19.8 Å². The summed E-state index contributed by atoms with van der Waals surface area (Å²) in [6.07, 6.45) is 1.95. The molecular weight excluding hydrogens is 423 g/mol. The maximum absolute atomic E-state index is 13.3. The Bertz CT molecular complexity index is 1060. The van der Waals surface area contributed by atoms with Crippen molar-refractivity contribution < 1.29 is 14.0 Å². The Balaban J connectivity index is 1.42. The quantitative estimate of drug-likeness (QED) is 0.444. The van der Waals surface area contributed by atoms with Gasteiger partial charge in [-0.1, -0.05) is 12.1 Å². The highest BCUT2D eigenvalue weighted by Crippen LogP contribution is 2.38. The molecule has 0 bridgehead atoms. The average molecular weight is 445 g/mol. The van der Waals surface area contributed by atoms with Crippen molar-refractivity contribution in [3.8, 4) is 11.1 Å². The Morgan fingerprint density at radius 2 is 1.80 bits per heavy atom. The minimum Gasteiger partial charge on any atom is -0.339 e. The maximum atomic E-state index is 13.3. The number of hydrogen-bond donors (Lipinski definition) is 0. The molecule has 0 N–H and O–H groups in total. The third-order valence-electron chi connectivity index (χ3n) is 5.12. The predicted octanol–water partition coefficient (Wildman–Crippen LogP) is 3.67. The number of thiophene rings is 1. The van der Waals surface area contributed by atoms with Gasteiger partial charge in [0.1, 0.15) is 22.0 Å². The summed E-state index contributed by atoms with van der Waals surface area (Å²) in [5.41, 5.74) is 1.89. The number of carbonyl (C=O) groups excluding carboxylic acids is 2. The van der Waals surface area contributed by atoms with E-state index in [1.54, 1.807) is 30.3 Å². The molecule has 0 unspecified atom stereocenters. The third kappa shape index (κ3) is 4.46. The van der Waals surface area contributed by atoms with E-state index in [1.165, 1.54) is 35.2 Å². The Morgan fingerprint density at radius 1 is 1.10 bits per heavy atom. The van der Waals surface area contributed by atoms with Crippen LogP contribution >= 0.6 is 23.1 Å². The van der Waals surface area contributed by atoms with Gasteiger partial charge in [0.2, 0.25) is 11.8 Å². The molecule has 2 aromatic heterocycles. The summed E-state index contributed by atoms with van der Waals surface area (Å²) in [6.45, 7) is 3.91. The number of rotatable bonds is 5. The van der Waals surface area contributed by atoms with Crippen LogP contribution in [0.2, 0.25) is 0 Å². The number of piperazine rings is 1. The molecule has 0 aliphatic carbocycles. The van der Waals surface area contributed by atoms with Gasteiger partial charge in [0.15, 0.2) is 0 Å². The van der Waals surface area contributed by atoms with Crippen LogP contribution in [-0.2, 0) is 9.59 Å². The summed E-state index contributed by atoms with van der Waals surface area (Å²) in [6, 6.07) is 6.39. The second-order valence-corrected chi connectivity index (χ2v) is 8.94. The molecule has 1 aliphatic rings. The van der Waals surface area contributed by atoms with Crippen molar-refractivity contribution >= 4 is 45.1 Å². The predicted molar refractivity (Wildman–Crippen MR) is 117 cm³/mol. The summed E-state index contributed by atoms with van der Waals surface area (Å²) in [5.74, 6) is 0.487. The first-order valence-electron chi connectivity index (χ1n) is 9.67. The van der Waals surface area contributed by atoms with Gasteiger partial charge in [-0.3, -0.25) is 9.59 Å². The molecule has 9 heteroatoms. The number of hydrogen-bond acceptors (Lipinski definition) is 6. The number of nitrogens with zero attached hydrogens (tertiary/aromatic N) is 4. The summed E-state index contributed by atoms with van der Waals surface area (Å²) < 4.78 is 13.3. The minimum atomic E-state index is -0.271. The van der Waals surface area contributed by atoms with E-state index in [0.29, 0.717) is 38.4 Å².